The van der Waals surface area contributed by atoms with Gasteiger partial charge in [0.25, 0.3) is 11.5 Å². The molecule has 0 unspecified atom stereocenters. The molecule has 1 saturated heterocycles. The Morgan fingerprint density at radius 3 is 2.25 bits per heavy atom. The predicted molar refractivity (Wildman–Crippen MR) is 197 cm³/mol. The van der Waals surface area contributed by atoms with Gasteiger partial charge in [0.2, 0.25) is 5.91 Å². The third kappa shape index (κ3) is 8.92. The molecule has 0 radical (unpaired) electrons. The van der Waals surface area contributed by atoms with Gasteiger partial charge in [-0.05, 0) is 68.4 Å². The summed E-state index contributed by atoms with van der Waals surface area (Å²) in [5.74, 6) is -0.804. The van der Waals surface area contributed by atoms with Crippen molar-refractivity contribution in [3.05, 3.63) is 105 Å². The highest BCUT2D eigenvalue weighted by Gasteiger charge is 2.35. The number of carbonyl (C=O) groups excluding carboxylic acids is 3. The van der Waals surface area contributed by atoms with Gasteiger partial charge in [-0.25, -0.2) is 13.9 Å². The molecule has 0 bridgehead atoms. The minimum absolute atomic E-state index is 0.0521. The Morgan fingerprint density at radius 2 is 1.59 bits per heavy atom. The number of ether oxygens (including phenoxy) is 1. The molecule has 11 nitrogen and oxygen atoms in total. The molecule has 1 aromatic heterocycles. The van der Waals surface area contributed by atoms with Crippen molar-refractivity contribution >= 4 is 51.1 Å². The number of benzene rings is 3. The Hall–Kier alpha value is -4.40. The van der Waals surface area contributed by atoms with Crippen LogP contribution in [0, 0.1) is 11.7 Å². The van der Waals surface area contributed by atoms with E-state index in [1.807, 2.05) is 49.3 Å². The molecular formula is C37H41FN6O5S2. The summed E-state index contributed by atoms with van der Waals surface area (Å²) < 4.78 is 22.0. The summed E-state index contributed by atoms with van der Waals surface area (Å²) in [5.41, 5.74) is 1.56. The van der Waals surface area contributed by atoms with Crippen molar-refractivity contribution in [1.82, 2.24) is 29.4 Å². The zero-order valence-corrected chi connectivity index (χ0v) is 30.4. The van der Waals surface area contributed by atoms with E-state index in [9.17, 15) is 19.2 Å². The first-order valence-electron chi connectivity index (χ1n) is 16.9. The number of hydrogen-bond acceptors (Lipinski definition) is 9. The molecule has 0 atom stereocenters. The van der Waals surface area contributed by atoms with Gasteiger partial charge in [0.05, 0.1) is 16.6 Å². The topological polar surface area (TPSA) is 108 Å². The molecule has 2 fully saturated rings. The number of likely N-dealkylation sites (N-methyl/N-ethyl adjacent to an activating group) is 1. The van der Waals surface area contributed by atoms with Crippen LogP contribution in [0.15, 0.2) is 76.4 Å². The molecule has 1 saturated carbocycles. The summed E-state index contributed by atoms with van der Waals surface area (Å²) in [5, 5.41) is 5.76. The molecule has 1 aliphatic heterocycles. The average molecular weight is 733 g/mol. The van der Waals surface area contributed by atoms with Gasteiger partial charge >= 0.3 is 6.09 Å². The van der Waals surface area contributed by atoms with Crippen molar-refractivity contribution < 1.29 is 23.5 Å². The lowest BCUT2D eigenvalue weighted by molar-refractivity contribution is -0.134. The molecule has 2 aliphatic rings. The van der Waals surface area contributed by atoms with Crippen molar-refractivity contribution in [2.75, 3.05) is 53.4 Å². The fraction of sp³-hybridized carbons (Fsp3) is 0.378. The van der Waals surface area contributed by atoms with Crippen LogP contribution in [-0.2, 0) is 29.2 Å². The Kier molecular flexibility index (Phi) is 11.6. The van der Waals surface area contributed by atoms with E-state index in [0.717, 1.165) is 23.3 Å². The van der Waals surface area contributed by atoms with E-state index in [-0.39, 0.29) is 49.2 Å². The van der Waals surface area contributed by atoms with E-state index >= 15 is 4.39 Å². The van der Waals surface area contributed by atoms with Crippen molar-refractivity contribution in [3.63, 3.8) is 0 Å². The Bertz CT molecular complexity index is 1960. The van der Waals surface area contributed by atoms with Gasteiger partial charge < -0.3 is 19.4 Å². The third-order valence-corrected chi connectivity index (χ3v) is 10.3. The normalized spacial score (nSPS) is 14.6. The molecule has 4 aromatic rings. The molecule has 6 rings (SSSR count). The molecule has 268 valence electrons. The van der Waals surface area contributed by atoms with Crippen molar-refractivity contribution in [3.8, 4) is 0 Å². The van der Waals surface area contributed by atoms with Gasteiger partial charge in [-0.1, -0.05) is 47.2 Å². The maximum atomic E-state index is 15.1. The summed E-state index contributed by atoms with van der Waals surface area (Å²) in [6, 6.07) is 19.0. The van der Waals surface area contributed by atoms with Gasteiger partial charge in [0, 0.05) is 61.9 Å². The molecule has 14 heteroatoms. The maximum Gasteiger partial charge on any atom is 0.411 e. The Morgan fingerprint density at radius 1 is 0.922 bits per heavy atom. The minimum Gasteiger partial charge on any atom is -0.445 e. The SMILES string of the molecule is CN(C)CCN(Cn1nc(Cc2ccc(F)c(C(=O)N3CCN(C(=O)C4CC4)CC3)c2)c2ccccc2c1=O)C(=O)OCc1ccc(SS)cc1. The molecule has 2 heterocycles. The number of carbonyl (C=O) groups is 3. The number of hydrogen-bond donors (Lipinski definition) is 1. The summed E-state index contributed by atoms with van der Waals surface area (Å²) in [6.07, 6.45) is 1.46. The number of thiol groups is 1. The summed E-state index contributed by atoms with van der Waals surface area (Å²) in [4.78, 5) is 60.8. The molecule has 0 N–H and O–H groups in total. The molecule has 1 aliphatic carbocycles. The quantitative estimate of drug-likeness (QED) is 0.162. The highest BCUT2D eigenvalue weighted by atomic mass is 33.1. The van der Waals surface area contributed by atoms with Crippen LogP contribution in [0.3, 0.4) is 0 Å². The molecule has 3 aromatic carbocycles. The molecular weight excluding hydrogens is 692 g/mol. The smallest absolute Gasteiger partial charge is 0.411 e. The summed E-state index contributed by atoms with van der Waals surface area (Å²) in [6.45, 7) is 2.25. The maximum absolute atomic E-state index is 15.1. The van der Waals surface area contributed by atoms with E-state index < -0.39 is 17.8 Å². The lowest BCUT2D eigenvalue weighted by Crippen LogP contribution is -2.51. The first-order chi connectivity index (χ1) is 24.6. The minimum atomic E-state index is -0.630. The lowest BCUT2D eigenvalue weighted by atomic mass is 10.0. The van der Waals surface area contributed by atoms with Gasteiger partial charge in [-0.2, -0.15) is 5.10 Å². The van der Waals surface area contributed by atoms with E-state index in [1.54, 1.807) is 34.1 Å². The highest BCUT2D eigenvalue weighted by Crippen LogP contribution is 2.31. The second-order valence-corrected chi connectivity index (χ2v) is 14.4. The van der Waals surface area contributed by atoms with Crippen molar-refractivity contribution in [1.29, 1.82) is 0 Å². The van der Waals surface area contributed by atoms with Gasteiger partial charge in [-0.3, -0.25) is 19.3 Å². The number of fused-ring (bicyclic) bond motifs is 1. The lowest BCUT2D eigenvalue weighted by Gasteiger charge is -2.35. The van der Waals surface area contributed by atoms with E-state index in [0.29, 0.717) is 54.8 Å². The molecule has 51 heavy (non-hydrogen) atoms. The van der Waals surface area contributed by atoms with E-state index in [4.69, 9.17) is 9.84 Å². The zero-order valence-electron chi connectivity index (χ0n) is 28.7. The zero-order chi connectivity index (χ0) is 36.1. The number of rotatable bonds is 12. The average Bonchev–Trinajstić information content (AvgIpc) is 4.00. The van der Waals surface area contributed by atoms with Crippen LogP contribution < -0.4 is 5.56 Å². The fourth-order valence-electron chi connectivity index (χ4n) is 6.05. The van der Waals surface area contributed by atoms with Gasteiger partial charge in [0.1, 0.15) is 19.1 Å². The number of aromatic nitrogens is 2. The number of piperazine rings is 1. The van der Waals surface area contributed by atoms with Crippen LogP contribution in [0.1, 0.15) is 40.0 Å². The fourth-order valence-corrected chi connectivity index (χ4v) is 6.67. The monoisotopic (exact) mass is 732 g/mol. The van der Waals surface area contributed by atoms with Crippen molar-refractivity contribution in [2.45, 2.75) is 37.4 Å². The number of nitrogens with zero attached hydrogens (tertiary/aromatic N) is 6. The summed E-state index contributed by atoms with van der Waals surface area (Å²) in [7, 11) is 5.10. The number of amides is 3. The van der Waals surface area contributed by atoms with Crippen LogP contribution in [0.5, 0.6) is 0 Å². The van der Waals surface area contributed by atoms with Crippen LogP contribution in [0.2, 0.25) is 0 Å². The van der Waals surface area contributed by atoms with E-state index in [1.165, 1.54) is 32.5 Å². The van der Waals surface area contributed by atoms with Gasteiger partial charge in [0.15, 0.2) is 0 Å². The van der Waals surface area contributed by atoms with Crippen molar-refractivity contribution in [2.24, 2.45) is 5.92 Å². The Balaban J connectivity index is 1.22. The predicted octanol–water partition coefficient (Wildman–Crippen LogP) is 4.92. The standard InChI is InChI=1S/C37H41FN6O5S2/c1-40(2)15-16-43(37(48)49-23-25-7-12-28(51-50)13-8-25)24-44-36(47)30-6-4-3-5-29(30)33(39-44)22-26-9-14-32(38)31(21-26)35(46)42-19-17-41(18-20-42)34(45)27-10-11-27/h3-9,12-14,21,27,50H,10-11,15-20,22-24H2,1-2H3. The van der Waals surface area contributed by atoms with E-state index in [2.05, 4.69) is 11.7 Å². The second-order valence-electron chi connectivity index (χ2n) is 13.2. The Labute approximate surface area is 305 Å². The van der Waals surface area contributed by atoms with Gasteiger partial charge in [-0.15, -0.1) is 11.7 Å². The second kappa shape index (κ2) is 16.3. The number of halogens is 1. The summed E-state index contributed by atoms with van der Waals surface area (Å²) >= 11 is 4.21. The first-order valence-corrected chi connectivity index (χ1v) is 18.8. The molecule has 0 spiro atoms. The highest BCUT2D eigenvalue weighted by molar-refractivity contribution is 8.68. The van der Waals surface area contributed by atoms with Crippen LogP contribution in [0.4, 0.5) is 9.18 Å². The third-order valence-electron chi connectivity index (χ3n) is 9.15. The largest absolute Gasteiger partial charge is 0.445 e. The molecule has 3 amide bonds. The first kappa shape index (κ1) is 36.4. The van der Waals surface area contributed by atoms with Crippen LogP contribution in [0.25, 0.3) is 10.8 Å². The van der Waals surface area contributed by atoms with Crippen LogP contribution in [-0.4, -0.2) is 101 Å². The van der Waals surface area contributed by atoms with Crippen LogP contribution >= 0.6 is 22.5 Å².